The summed E-state index contributed by atoms with van der Waals surface area (Å²) in [5.74, 6) is -0.655. The van der Waals surface area contributed by atoms with E-state index in [-0.39, 0.29) is 23.8 Å². The van der Waals surface area contributed by atoms with Gasteiger partial charge in [-0.05, 0) is 51.3 Å². The van der Waals surface area contributed by atoms with Gasteiger partial charge in [0.15, 0.2) is 5.78 Å². The molecule has 126 valence electrons. The molecule has 0 bridgehead atoms. The zero-order valence-corrected chi connectivity index (χ0v) is 14.3. The van der Waals surface area contributed by atoms with E-state index in [1.165, 1.54) is 0 Å². The van der Waals surface area contributed by atoms with Gasteiger partial charge < -0.3 is 10.1 Å². The van der Waals surface area contributed by atoms with Crippen molar-refractivity contribution in [1.82, 2.24) is 10.3 Å². The minimum absolute atomic E-state index is 0.105. The van der Waals surface area contributed by atoms with Crippen LogP contribution < -0.4 is 5.32 Å². The van der Waals surface area contributed by atoms with E-state index in [4.69, 9.17) is 4.74 Å². The molecule has 0 saturated heterocycles. The van der Waals surface area contributed by atoms with Crippen molar-refractivity contribution in [1.29, 1.82) is 0 Å². The number of nitrogens with one attached hydrogen (secondary N) is 1. The van der Waals surface area contributed by atoms with Crippen LogP contribution in [0.25, 0.3) is 0 Å². The van der Waals surface area contributed by atoms with Gasteiger partial charge in [0.2, 0.25) is 0 Å². The van der Waals surface area contributed by atoms with Crippen LogP contribution in [-0.4, -0.2) is 22.8 Å². The molecule has 2 heterocycles. The fourth-order valence-electron chi connectivity index (χ4n) is 3.42. The van der Waals surface area contributed by atoms with E-state index in [2.05, 4.69) is 10.3 Å². The molecule has 3 rings (SSSR count). The SMILES string of the molecule is CC1=C(C(=O)OC(C)C)C(c2ccncc2)C2=C(CCCC2=O)N1. The summed E-state index contributed by atoms with van der Waals surface area (Å²) in [4.78, 5) is 29.4. The first kappa shape index (κ1) is 16.4. The number of allylic oxidation sites excluding steroid dienone is 3. The van der Waals surface area contributed by atoms with Gasteiger partial charge in [-0.25, -0.2) is 4.79 Å². The summed E-state index contributed by atoms with van der Waals surface area (Å²) >= 11 is 0. The standard InChI is InChI=1S/C19H22N2O3/c1-11(2)24-19(23)16-12(3)21-14-5-4-6-15(22)18(14)17(16)13-7-9-20-10-8-13/h7-11,17,21H,4-6H2,1-3H3. The number of hydrogen-bond acceptors (Lipinski definition) is 5. The van der Waals surface area contributed by atoms with Gasteiger partial charge in [0.1, 0.15) is 0 Å². The average molecular weight is 326 g/mol. The Bertz CT molecular complexity index is 732. The van der Waals surface area contributed by atoms with Crippen LogP contribution in [0.5, 0.6) is 0 Å². The highest BCUT2D eigenvalue weighted by atomic mass is 16.5. The van der Waals surface area contributed by atoms with Gasteiger partial charge in [-0.3, -0.25) is 9.78 Å². The molecule has 0 radical (unpaired) electrons. The molecule has 1 aliphatic carbocycles. The van der Waals surface area contributed by atoms with Gasteiger partial charge >= 0.3 is 5.97 Å². The van der Waals surface area contributed by atoms with Crippen molar-refractivity contribution in [2.24, 2.45) is 0 Å². The third kappa shape index (κ3) is 2.98. The normalized spacial score (nSPS) is 20.8. The number of nitrogens with zero attached hydrogens (tertiary/aromatic N) is 1. The van der Waals surface area contributed by atoms with Gasteiger partial charge in [0, 0.05) is 41.7 Å². The predicted octanol–water partition coefficient (Wildman–Crippen LogP) is 3.00. The van der Waals surface area contributed by atoms with E-state index in [1.54, 1.807) is 12.4 Å². The Morgan fingerprint density at radius 1 is 1.29 bits per heavy atom. The third-order valence-electron chi connectivity index (χ3n) is 4.38. The fraction of sp³-hybridized carbons (Fsp3) is 0.421. The Hall–Kier alpha value is -2.43. The molecule has 5 nitrogen and oxygen atoms in total. The molecule has 1 aliphatic heterocycles. The molecule has 0 amide bonds. The summed E-state index contributed by atoms with van der Waals surface area (Å²) in [5, 5.41) is 3.27. The highest BCUT2D eigenvalue weighted by Crippen LogP contribution is 2.42. The number of ketones is 1. The minimum Gasteiger partial charge on any atom is -0.460 e. The Balaban J connectivity index is 2.12. The van der Waals surface area contributed by atoms with E-state index in [1.807, 2.05) is 32.9 Å². The smallest absolute Gasteiger partial charge is 0.337 e. The van der Waals surface area contributed by atoms with Crippen molar-refractivity contribution < 1.29 is 14.3 Å². The van der Waals surface area contributed by atoms with E-state index in [0.717, 1.165) is 29.8 Å². The van der Waals surface area contributed by atoms with Crippen LogP contribution in [0.15, 0.2) is 47.1 Å². The molecule has 0 spiro atoms. The highest BCUT2D eigenvalue weighted by molar-refractivity contribution is 6.03. The lowest BCUT2D eigenvalue weighted by Crippen LogP contribution is -2.34. The van der Waals surface area contributed by atoms with Crippen LogP contribution in [-0.2, 0) is 14.3 Å². The second-order valence-electron chi connectivity index (χ2n) is 6.50. The molecule has 1 aromatic rings. The number of rotatable bonds is 3. The second kappa shape index (κ2) is 6.59. The molecule has 0 aromatic carbocycles. The number of aromatic nitrogens is 1. The Kier molecular flexibility index (Phi) is 4.51. The lowest BCUT2D eigenvalue weighted by atomic mass is 9.75. The Morgan fingerprint density at radius 2 is 2.00 bits per heavy atom. The summed E-state index contributed by atoms with van der Waals surface area (Å²) in [5.41, 5.74) is 3.81. The molecule has 5 heteroatoms. The number of pyridine rings is 1. The van der Waals surface area contributed by atoms with Crippen LogP contribution in [0.3, 0.4) is 0 Å². The topological polar surface area (TPSA) is 68.3 Å². The molecule has 0 fully saturated rings. The lowest BCUT2D eigenvalue weighted by Gasteiger charge is -2.34. The zero-order chi connectivity index (χ0) is 17.3. The van der Waals surface area contributed by atoms with Crippen molar-refractivity contribution in [2.45, 2.75) is 52.1 Å². The molecule has 2 aliphatic rings. The first-order valence-corrected chi connectivity index (χ1v) is 8.34. The second-order valence-corrected chi connectivity index (χ2v) is 6.50. The molecular formula is C19H22N2O3. The molecule has 1 atom stereocenters. The van der Waals surface area contributed by atoms with Gasteiger partial charge in [-0.15, -0.1) is 0 Å². The highest BCUT2D eigenvalue weighted by Gasteiger charge is 2.39. The van der Waals surface area contributed by atoms with E-state index in [9.17, 15) is 9.59 Å². The molecule has 1 unspecified atom stereocenters. The van der Waals surface area contributed by atoms with E-state index < -0.39 is 0 Å². The average Bonchev–Trinajstić information content (AvgIpc) is 2.53. The zero-order valence-electron chi connectivity index (χ0n) is 14.3. The number of carbonyl (C=O) groups excluding carboxylic acids is 2. The molecule has 1 aromatic heterocycles. The number of esters is 1. The quantitative estimate of drug-likeness (QED) is 0.865. The van der Waals surface area contributed by atoms with Gasteiger partial charge in [-0.1, -0.05) is 0 Å². The summed E-state index contributed by atoms with van der Waals surface area (Å²) in [6.45, 7) is 5.51. The number of dihydropyridines is 1. The Morgan fingerprint density at radius 3 is 2.67 bits per heavy atom. The van der Waals surface area contributed by atoms with Crippen molar-refractivity contribution >= 4 is 11.8 Å². The maximum Gasteiger partial charge on any atom is 0.337 e. The van der Waals surface area contributed by atoms with Gasteiger partial charge in [-0.2, -0.15) is 0 Å². The minimum atomic E-state index is -0.386. The summed E-state index contributed by atoms with van der Waals surface area (Å²) in [6.07, 6.45) is 5.35. The van der Waals surface area contributed by atoms with E-state index in [0.29, 0.717) is 17.6 Å². The maximum absolute atomic E-state index is 12.7. The monoisotopic (exact) mass is 326 g/mol. The first-order chi connectivity index (χ1) is 11.5. The largest absolute Gasteiger partial charge is 0.460 e. The fourth-order valence-corrected chi connectivity index (χ4v) is 3.42. The van der Waals surface area contributed by atoms with Crippen molar-refractivity contribution in [2.75, 3.05) is 0 Å². The number of carbonyl (C=O) groups is 2. The molecule has 24 heavy (non-hydrogen) atoms. The number of ether oxygens (including phenoxy) is 1. The molecule has 0 saturated carbocycles. The number of Topliss-reactive ketones (excluding diaryl/α,β-unsaturated/α-hetero) is 1. The summed E-state index contributed by atoms with van der Waals surface area (Å²) in [6, 6.07) is 3.72. The Labute approximate surface area is 141 Å². The molecular weight excluding hydrogens is 304 g/mol. The number of hydrogen-bond donors (Lipinski definition) is 1. The van der Waals surface area contributed by atoms with E-state index >= 15 is 0 Å². The predicted molar refractivity (Wildman–Crippen MR) is 89.9 cm³/mol. The summed E-state index contributed by atoms with van der Waals surface area (Å²) < 4.78 is 5.44. The van der Waals surface area contributed by atoms with Gasteiger partial charge in [0.25, 0.3) is 0 Å². The van der Waals surface area contributed by atoms with Gasteiger partial charge in [0.05, 0.1) is 11.7 Å². The van der Waals surface area contributed by atoms with Crippen LogP contribution in [0.2, 0.25) is 0 Å². The van der Waals surface area contributed by atoms with Crippen molar-refractivity contribution in [3.05, 3.63) is 52.6 Å². The van der Waals surface area contributed by atoms with Crippen molar-refractivity contribution in [3.63, 3.8) is 0 Å². The summed E-state index contributed by atoms with van der Waals surface area (Å²) in [7, 11) is 0. The van der Waals surface area contributed by atoms with Crippen LogP contribution in [0, 0.1) is 0 Å². The lowest BCUT2D eigenvalue weighted by molar-refractivity contribution is -0.143. The maximum atomic E-state index is 12.7. The van der Waals surface area contributed by atoms with Crippen LogP contribution in [0.1, 0.15) is 51.5 Å². The molecule has 1 N–H and O–H groups in total. The van der Waals surface area contributed by atoms with Crippen LogP contribution in [0.4, 0.5) is 0 Å². The van der Waals surface area contributed by atoms with Crippen molar-refractivity contribution in [3.8, 4) is 0 Å². The first-order valence-electron chi connectivity index (χ1n) is 8.34. The third-order valence-corrected chi connectivity index (χ3v) is 4.38. The van der Waals surface area contributed by atoms with Crippen LogP contribution >= 0.6 is 0 Å².